The minimum atomic E-state index is -0.830. The standard InChI is InChI=1S/C14H17BrN2O4/c1-9-4-3-7-16(13(9)14(18)19)8-10-5-2-6-11(12(10)15)17(20)21/h2,5-6,9,13H,3-4,7-8H2,1H3,(H,18,19). The first-order chi connectivity index (χ1) is 9.91. The first-order valence-electron chi connectivity index (χ1n) is 6.80. The Balaban J connectivity index is 2.26. The first-order valence-corrected chi connectivity index (χ1v) is 7.59. The monoisotopic (exact) mass is 356 g/mol. The molecule has 2 unspecified atom stereocenters. The summed E-state index contributed by atoms with van der Waals surface area (Å²) in [5.74, 6) is -0.752. The lowest BCUT2D eigenvalue weighted by Gasteiger charge is -2.37. The Morgan fingerprint density at radius 3 is 2.90 bits per heavy atom. The molecule has 0 aliphatic carbocycles. The van der Waals surface area contributed by atoms with E-state index in [-0.39, 0.29) is 11.6 Å². The van der Waals surface area contributed by atoms with Crippen molar-refractivity contribution < 1.29 is 14.8 Å². The van der Waals surface area contributed by atoms with Gasteiger partial charge in [0.25, 0.3) is 5.69 Å². The number of nitro groups is 1. The van der Waals surface area contributed by atoms with E-state index in [1.165, 1.54) is 6.07 Å². The Morgan fingerprint density at radius 1 is 1.57 bits per heavy atom. The van der Waals surface area contributed by atoms with E-state index < -0.39 is 16.9 Å². The van der Waals surface area contributed by atoms with Crippen molar-refractivity contribution in [2.24, 2.45) is 5.92 Å². The summed E-state index contributed by atoms with van der Waals surface area (Å²) < 4.78 is 0.428. The van der Waals surface area contributed by atoms with E-state index in [1.54, 1.807) is 12.1 Å². The number of carboxylic acid groups (broad SMARTS) is 1. The van der Waals surface area contributed by atoms with Crippen LogP contribution in [0.25, 0.3) is 0 Å². The molecule has 2 atom stereocenters. The number of aliphatic carboxylic acids is 1. The smallest absolute Gasteiger partial charge is 0.321 e. The third-order valence-corrected chi connectivity index (χ3v) is 4.83. The van der Waals surface area contributed by atoms with Gasteiger partial charge in [-0.2, -0.15) is 0 Å². The number of carbonyl (C=O) groups is 1. The molecule has 0 spiro atoms. The van der Waals surface area contributed by atoms with Crippen molar-refractivity contribution in [2.45, 2.75) is 32.4 Å². The fraction of sp³-hybridized carbons (Fsp3) is 0.500. The molecule has 0 aromatic heterocycles. The van der Waals surface area contributed by atoms with Crippen LogP contribution >= 0.6 is 15.9 Å². The van der Waals surface area contributed by atoms with Crippen molar-refractivity contribution in [1.29, 1.82) is 0 Å². The quantitative estimate of drug-likeness (QED) is 0.661. The maximum absolute atomic E-state index is 11.5. The molecule has 6 nitrogen and oxygen atoms in total. The topological polar surface area (TPSA) is 83.7 Å². The second-order valence-electron chi connectivity index (χ2n) is 5.38. The Bertz CT molecular complexity index is 564. The Labute approximate surface area is 131 Å². The van der Waals surface area contributed by atoms with E-state index in [0.717, 1.165) is 18.4 Å². The van der Waals surface area contributed by atoms with E-state index in [9.17, 15) is 20.0 Å². The fourth-order valence-corrected chi connectivity index (χ4v) is 3.43. The van der Waals surface area contributed by atoms with Gasteiger partial charge in [0, 0.05) is 12.6 Å². The van der Waals surface area contributed by atoms with Crippen LogP contribution in [0.5, 0.6) is 0 Å². The third kappa shape index (κ3) is 3.41. The number of nitro benzene ring substituents is 1. The third-order valence-electron chi connectivity index (χ3n) is 3.92. The number of piperidine rings is 1. The zero-order valence-electron chi connectivity index (χ0n) is 11.7. The zero-order chi connectivity index (χ0) is 15.6. The van der Waals surface area contributed by atoms with Gasteiger partial charge in [-0.15, -0.1) is 0 Å². The molecule has 2 rings (SSSR count). The molecule has 1 aromatic carbocycles. The number of benzene rings is 1. The highest BCUT2D eigenvalue weighted by atomic mass is 79.9. The largest absolute Gasteiger partial charge is 0.480 e. The van der Waals surface area contributed by atoms with Gasteiger partial charge < -0.3 is 5.11 Å². The van der Waals surface area contributed by atoms with Gasteiger partial charge in [0.05, 0.1) is 9.40 Å². The molecule has 1 aliphatic heterocycles. The van der Waals surface area contributed by atoms with Crippen LogP contribution in [0.15, 0.2) is 22.7 Å². The second-order valence-corrected chi connectivity index (χ2v) is 6.17. The molecular formula is C14H17BrN2O4. The van der Waals surface area contributed by atoms with Crippen molar-refractivity contribution in [3.8, 4) is 0 Å². The number of nitrogens with zero attached hydrogens (tertiary/aromatic N) is 2. The summed E-state index contributed by atoms with van der Waals surface area (Å²) >= 11 is 3.26. The lowest BCUT2D eigenvalue weighted by molar-refractivity contribution is -0.385. The number of carboxylic acids is 1. The lowest BCUT2D eigenvalue weighted by Crippen LogP contribution is -2.48. The number of rotatable bonds is 4. The van der Waals surface area contributed by atoms with Gasteiger partial charge in [-0.05, 0) is 46.8 Å². The van der Waals surface area contributed by atoms with Crippen LogP contribution < -0.4 is 0 Å². The van der Waals surface area contributed by atoms with Gasteiger partial charge >= 0.3 is 5.97 Å². The molecule has 21 heavy (non-hydrogen) atoms. The molecular weight excluding hydrogens is 340 g/mol. The molecule has 0 radical (unpaired) electrons. The first kappa shape index (κ1) is 15.9. The van der Waals surface area contributed by atoms with Crippen molar-refractivity contribution in [3.05, 3.63) is 38.3 Å². The van der Waals surface area contributed by atoms with Crippen LogP contribution in [0.2, 0.25) is 0 Å². The van der Waals surface area contributed by atoms with E-state index in [2.05, 4.69) is 15.9 Å². The molecule has 1 aliphatic rings. The molecule has 0 amide bonds. The Kier molecular flexibility index (Phi) is 4.95. The molecule has 7 heteroatoms. The molecule has 0 bridgehead atoms. The Morgan fingerprint density at radius 2 is 2.29 bits per heavy atom. The zero-order valence-corrected chi connectivity index (χ0v) is 13.2. The van der Waals surface area contributed by atoms with Gasteiger partial charge in [-0.3, -0.25) is 19.8 Å². The SMILES string of the molecule is CC1CCCN(Cc2cccc([N+](=O)[O-])c2Br)C1C(=O)O. The number of hydrogen-bond donors (Lipinski definition) is 1. The Hall–Kier alpha value is -1.47. The molecule has 114 valence electrons. The van der Waals surface area contributed by atoms with Gasteiger partial charge in [0.15, 0.2) is 0 Å². The van der Waals surface area contributed by atoms with Crippen LogP contribution in [0, 0.1) is 16.0 Å². The van der Waals surface area contributed by atoms with Gasteiger partial charge in [-0.25, -0.2) is 0 Å². The van der Waals surface area contributed by atoms with Crippen molar-refractivity contribution in [3.63, 3.8) is 0 Å². The number of hydrogen-bond acceptors (Lipinski definition) is 4. The predicted molar refractivity (Wildman–Crippen MR) is 81.0 cm³/mol. The maximum Gasteiger partial charge on any atom is 0.321 e. The molecule has 1 fully saturated rings. The minimum absolute atomic E-state index is 0.00410. The summed E-state index contributed by atoms with van der Waals surface area (Å²) in [6, 6.07) is 4.31. The van der Waals surface area contributed by atoms with Crippen molar-refractivity contribution in [1.82, 2.24) is 4.90 Å². The highest BCUT2D eigenvalue weighted by Crippen LogP contribution is 2.31. The van der Waals surface area contributed by atoms with Crippen LogP contribution in [0.4, 0.5) is 5.69 Å². The van der Waals surface area contributed by atoms with Gasteiger partial charge in [-0.1, -0.05) is 19.1 Å². The fourth-order valence-electron chi connectivity index (χ4n) is 2.90. The van der Waals surface area contributed by atoms with Crippen LogP contribution in [-0.2, 0) is 11.3 Å². The van der Waals surface area contributed by atoms with Crippen LogP contribution in [-0.4, -0.2) is 33.5 Å². The van der Waals surface area contributed by atoms with Gasteiger partial charge in [0.1, 0.15) is 6.04 Å². The van der Waals surface area contributed by atoms with Crippen LogP contribution in [0.1, 0.15) is 25.3 Å². The normalized spacial score (nSPS) is 23.0. The second kappa shape index (κ2) is 6.53. The summed E-state index contributed by atoms with van der Waals surface area (Å²) in [6.07, 6.45) is 1.83. The van der Waals surface area contributed by atoms with Crippen LogP contribution in [0.3, 0.4) is 0 Å². The minimum Gasteiger partial charge on any atom is -0.480 e. The highest BCUT2D eigenvalue weighted by molar-refractivity contribution is 9.10. The lowest BCUT2D eigenvalue weighted by atomic mass is 9.90. The maximum atomic E-state index is 11.5. The van der Waals surface area contributed by atoms with Crippen molar-refractivity contribution in [2.75, 3.05) is 6.54 Å². The average molecular weight is 357 g/mol. The highest BCUT2D eigenvalue weighted by Gasteiger charge is 2.34. The van der Waals surface area contributed by atoms with E-state index >= 15 is 0 Å². The van der Waals surface area contributed by atoms with E-state index in [1.807, 2.05) is 11.8 Å². The molecule has 0 saturated carbocycles. The molecule has 1 heterocycles. The van der Waals surface area contributed by atoms with E-state index in [0.29, 0.717) is 17.6 Å². The number of likely N-dealkylation sites (tertiary alicyclic amines) is 1. The molecule has 1 N–H and O–H groups in total. The molecule has 1 saturated heterocycles. The average Bonchev–Trinajstić information content (AvgIpc) is 2.40. The summed E-state index contributed by atoms with van der Waals surface area (Å²) in [6.45, 7) is 3.02. The number of halogens is 1. The predicted octanol–water partition coefficient (Wildman–Crippen LogP) is 3.04. The van der Waals surface area contributed by atoms with Gasteiger partial charge in [0.2, 0.25) is 0 Å². The van der Waals surface area contributed by atoms with E-state index in [4.69, 9.17) is 0 Å². The summed E-state index contributed by atoms with van der Waals surface area (Å²) in [7, 11) is 0. The van der Waals surface area contributed by atoms with Crippen molar-refractivity contribution >= 4 is 27.6 Å². The summed E-state index contributed by atoms with van der Waals surface area (Å²) in [5.41, 5.74) is 0.744. The molecule has 1 aromatic rings. The summed E-state index contributed by atoms with van der Waals surface area (Å²) in [5, 5.41) is 20.4. The summed E-state index contributed by atoms with van der Waals surface area (Å²) in [4.78, 5) is 23.9.